The van der Waals surface area contributed by atoms with Crippen LogP contribution in [0.3, 0.4) is 0 Å². The molecule has 20 heavy (non-hydrogen) atoms. The minimum Gasteiger partial charge on any atom is -0.383 e. The average molecular weight is 300 g/mol. The molecule has 1 heterocycles. The molecule has 1 aromatic heterocycles. The van der Waals surface area contributed by atoms with Gasteiger partial charge < -0.3 is 20.7 Å². The Morgan fingerprint density at radius 2 is 2.20 bits per heavy atom. The van der Waals surface area contributed by atoms with E-state index in [2.05, 4.69) is 10.3 Å². The molecule has 0 bridgehead atoms. The summed E-state index contributed by atoms with van der Waals surface area (Å²) in [4.78, 5) is 18.9. The van der Waals surface area contributed by atoms with E-state index in [1.807, 2.05) is 32.7 Å². The number of amides is 1. The van der Waals surface area contributed by atoms with Gasteiger partial charge in [-0.25, -0.2) is 4.98 Å². The Morgan fingerprint density at radius 1 is 1.55 bits per heavy atom. The Kier molecular flexibility index (Phi) is 6.22. The highest BCUT2D eigenvalue weighted by atomic mass is 32.1. The lowest BCUT2D eigenvalue weighted by molar-refractivity contribution is 0.0871. The first-order chi connectivity index (χ1) is 9.40. The van der Waals surface area contributed by atoms with E-state index in [4.69, 9.17) is 10.5 Å². The smallest absolute Gasteiger partial charge is 0.265 e. The van der Waals surface area contributed by atoms with Crippen molar-refractivity contribution in [3.05, 3.63) is 4.88 Å². The second-order valence-electron chi connectivity index (χ2n) is 5.00. The average Bonchev–Trinajstić information content (AvgIpc) is 2.79. The maximum Gasteiger partial charge on any atom is 0.265 e. The largest absolute Gasteiger partial charge is 0.383 e. The zero-order chi connectivity index (χ0) is 15.3. The third-order valence-corrected chi connectivity index (χ3v) is 4.30. The van der Waals surface area contributed by atoms with Crippen LogP contribution in [0.1, 0.15) is 30.4 Å². The number of ether oxygens (including phenoxy) is 1. The number of rotatable bonds is 7. The fourth-order valence-corrected chi connectivity index (χ4v) is 2.51. The molecule has 0 aromatic carbocycles. The van der Waals surface area contributed by atoms with Crippen molar-refractivity contribution < 1.29 is 9.53 Å². The van der Waals surface area contributed by atoms with Crippen LogP contribution in [0, 0.1) is 5.92 Å². The number of thiazole rings is 1. The van der Waals surface area contributed by atoms with Crippen molar-refractivity contribution in [2.24, 2.45) is 5.92 Å². The first-order valence-electron chi connectivity index (χ1n) is 6.67. The Hall–Kier alpha value is -1.34. The highest BCUT2D eigenvalue weighted by molar-refractivity contribution is 7.18. The number of carbonyl (C=O) groups excluding carboxylic acids is 1. The molecule has 0 saturated carbocycles. The summed E-state index contributed by atoms with van der Waals surface area (Å²) >= 11 is 1.31. The molecule has 3 N–H and O–H groups in total. The molecule has 0 fully saturated rings. The molecule has 1 rings (SSSR count). The van der Waals surface area contributed by atoms with Gasteiger partial charge in [0.1, 0.15) is 10.7 Å². The molecular formula is C13H24N4O2S. The van der Waals surface area contributed by atoms with Gasteiger partial charge in [-0.3, -0.25) is 4.79 Å². The molecule has 1 aromatic rings. The summed E-state index contributed by atoms with van der Waals surface area (Å²) in [6.07, 6.45) is 0. The van der Waals surface area contributed by atoms with Crippen LogP contribution in [0.15, 0.2) is 0 Å². The zero-order valence-electron chi connectivity index (χ0n) is 12.8. The molecule has 0 aliphatic rings. The van der Waals surface area contributed by atoms with Gasteiger partial charge in [0.15, 0.2) is 5.13 Å². The molecule has 0 aliphatic carbocycles. The second-order valence-corrected chi connectivity index (χ2v) is 5.98. The summed E-state index contributed by atoms with van der Waals surface area (Å²) < 4.78 is 5.13. The van der Waals surface area contributed by atoms with Crippen molar-refractivity contribution in [1.29, 1.82) is 0 Å². The van der Waals surface area contributed by atoms with Gasteiger partial charge in [-0.2, -0.15) is 0 Å². The third kappa shape index (κ3) is 4.08. The Balaban J connectivity index is 2.83. The van der Waals surface area contributed by atoms with Crippen LogP contribution in [-0.2, 0) is 4.74 Å². The topological polar surface area (TPSA) is 80.5 Å². The van der Waals surface area contributed by atoms with Gasteiger partial charge in [0.05, 0.1) is 12.6 Å². The number of aromatic nitrogens is 1. The number of nitrogen functional groups attached to an aromatic ring is 1. The van der Waals surface area contributed by atoms with Crippen LogP contribution in [0.4, 0.5) is 10.9 Å². The molecule has 1 unspecified atom stereocenters. The number of hydrogen-bond donors (Lipinski definition) is 2. The van der Waals surface area contributed by atoms with E-state index in [0.717, 1.165) is 11.7 Å². The van der Waals surface area contributed by atoms with Crippen molar-refractivity contribution in [2.75, 3.05) is 37.9 Å². The van der Waals surface area contributed by atoms with E-state index in [1.54, 1.807) is 7.11 Å². The molecule has 0 spiro atoms. The van der Waals surface area contributed by atoms with Gasteiger partial charge in [0.2, 0.25) is 0 Å². The summed E-state index contributed by atoms with van der Waals surface area (Å²) in [6, 6.07) is -0.0404. The second kappa shape index (κ2) is 7.44. The Morgan fingerprint density at radius 3 is 2.70 bits per heavy atom. The minimum atomic E-state index is -0.188. The maximum atomic E-state index is 12.3. The first kappa shape index (κ1) is 16.7. The summed E-state index contributed by atoms with van der Waals surface area (Å²) in [5.41, 5.74) is 5.84. The van der Waals surface area contributed by atoms with Crippen LogP contribution in [0.5, 0.6) is 0 Å². The molecule has 6 nitrogen and oxygen atoms in total. The highest BCUT2D eigenvalue weighted by Crippen LogP contribution is 2.27. The fraction of sp³-hybridized carbons (Fsp3) is 0.692. The fourth-order valence-electron chi connectivity index (χ4n) is 1.60. The summed E-state index contributed by atoms with van der Waals surface area (Å²) in [5.74, 6) is 0.375. The van der Waals surface area contributed by atoms with Gasteiger partial charge in [0, 0.05) is 20.7 Å². The molecule has 0 radical (unpaired) electrons. The quantitative estimate of drug-likeness (QED) is 0.799. The Bertz CT molecular complexity index is 448. The van der Waals surface area contributed by atoms with Crippen molar-refractivity contribution in [2.45, 2.75) is 26.8 Å². The molecule has 7 heteroatoms. The van der Waals surface area contributed by atoms with Crippen molar-refractivity contribution in [1.82, 2.24) is 10.3 Å². The highest BCUT2D eigenvalue weighted by Gasteiger charge is 2.22. The molecule has 1 amide bonds. The Labute approximate surface area is 124 Å². The number of nitrogens with two attached hydrogens (primary N) is 1. The number of carbonyl (C=O) groups is 1. The standard InChI is InChI=1S/C13H24N4O2S/c1-6-17(4)13-16-11(14)10(20-13)12(18)15-9(7-19-5)8(2)3/h8-9H,6-7,14H2,1-5H3,(H,15,18). The lowest BCUT2D eigenvalue weighted by atomic mass is 10.1. The number of methoxy groups -OCH3 is 1. The van der Waals surface area contributed by atoms with E-state index in [0.29, 0.717) is 11.5 Å². The monoisotopic (exact) mass is 300 g/mol. The SMILES string of the molecule is CCN(C)c1nc(N)c(C(=O)NC(COC)C(C)C)s1. The maximum absolute atomic E-state index is 12.3. The number of nitrogens with zero attached hydrogens (tertiary/aromatic N) is 2. The predicted octanol–water partition coefficient (Wildman–Crippen LogP) is 1.58. The van der Waals surface area contributed by atoms with Gasteiger partial charge in [-0.05, 0) is 12.8 Å². The van der Waals surface area contributed by atoms with E-state index in [-0.39, 0.29) is 23.7 Å². The van der Waals surface area contributed by atoms with Crippen LogP contribution >= 0.6 is 11.3 Å². The normalized spacial score (nSPS) is 12.5. The van der Waals surface area contributed by atoms with Crippen molar-refractivity contribution >= 4 is 28.2 Å². The van der Waals surface area contributed by atoms with Crippen molar-refractivity contribution in [3.63, 3.8) is 0 Å². The molecule has 0 saturated heterocycles. The lowest BCUT2D eigenvalue weighted by Gasteiger charge is -2.21. The molecular weight excluding hydrogens is 276 g/mol. The van der Waals surface area contributed by atoms with Crippen LogP contribution in [0.25, 0.3) is 0 Å². The van der Waals surface area contributed by atoms with Gasteiger partial charge in [0.25, 0.3) is 5.91 Å². The molecule has 114 valence electrons. The van der Waals surface area contributed by atoms with Gasteiger partial charge in [-0.15, -0.1) is 0 Å². The summed E-state index contributed by atoms with van der Waals surface area (Å²) in [6.45, 7) is 7.38. The minimum absolute atomic E-state index is 0.0404. The van der Waals surface area contributed by atoms with E-state index >= 15 is 0 Å². The van der Waals surface area contributed by atoms with Crippen LogP contribution < -0.4 is 16.0 Å². The van der Waals surface area contributed by atoms with Crippen molar-refractivity contribution in [3.8, 4) is 0 Å². The van der Waals surface area contributed by atoms with Crippen LogP contribution in [0.2, 0.25) is 0 Å². The molecule has 0 aliphatic heterocycles. The predicted molar refractivity (Wildman–Crippen MR) is 83.4 cm³/mol. The third-order valence-electron chi connectivity index (χ3n) is 3.12. The van der Waals surface area contributed by atoms with E-state index < -0.39 is 0 Å². The zero-order valence-corrected chi connectivity index (χ0v) is 13.6. The molecule has 1 atom stereocenters. The van der Waals surface area contributed by atoms with Gasteiger partial charge in [-0.1, -0.05) is 25.2 Å². The van der Waals surface area contributed by atoms with E-state index in [9.17, 15) is 4.79 Å². The van der Waals surface area contributed by atoms with Crippen LogP contribution in [-0.4, -0.2) is 44.2 Å². The number of hydrogen-bond acceptors (Lipinski definition) is 6. The number of nitrogens with one attached hydrogen (secondary N) is 1. The summed E-state index contributed by atoms with van der Waals surface area (Å²) in [5, 5.41) is 3.71. The van der Waals surface area contributed by atoms with E-state index in [1.165, 1.54) is 11.3 Å². The van der Waals surface area contributed by atoms with Gasteiger partial charge >= 0.3 is 0 Å². The number of anilines is 2. The lowest BCUT2D eigenvalue weighted by Crippen LogP contribution is -2.41. The summed E-state index contributed by atoms with van der Waals surface area (Å²) in [7, 11) is 3.54. The first-order valence-corrected chi connectivity index (χ1v) is 7.49.